The number of carboxylic acids is 1. The van der Waals surface area contributed by atoms with Gasteiger partial charge in [0.1, 0.15) is 12.4 Å². The number of nitrogens with one attached hydrogen (secondary N) is 2. The van der Waals surface area contributed by atoms with E-state index in [1.807, 2.05) is 0 Å². The molecule has 4 amide bonds. The van der Waals surface area contributed by atoms with Crippen LogP contribution in [0.4, 0.5) is 10.1 Å². The van der Waals surface area contributed by atoms with Crippen molar-refractivity contribution in [1.82, 2.24) is 35.3 Å². The number of carbonyl (C=O) groups is 5. The van der Waals surface area contributed by atoms with Gasteiger partial charge < -0.3 is 25.5 Å². The number of carboxylic acid groups (broad SMARTS) is 1. The molecule has 0 saturated carbocycles. The van der Waals surface area contributed by atoms with E-state index in [1.54, 1.807) is 4.90 Å². The Bertz CT molecular complexity index is 1560. The average molecular weight is 613 g/mol. The van der Waals surface area contributed by atoms with Crippen LogP contribution in [0.3, 0.4) is 0 Å². The molecule has 14 nitrogen and oxygen atoms in total. The maximum atomic E-state index is 14.9. The van der Waals surface area contributed by atoms with Crippen LogP contribution >= 0.6 is 11.6 Å². The number of halogens is 2. The first kappa shape index (κ1) is 30.8. The molecule has 16 heteroatoms. The lowest BCUT2D eigenvalue weighted by molar-refractivity contribution is -0.139. The van der Waals surface area contributed by atoms with Crippen molar-refractivity contribution in [3.63, 3.8) is 0 Å². The number of aromatic carboxylic acids is 1. The van der Waals surface area contributed by atoms with E-state index in [1.165, 1.54) is 59.2 Å². The topological polar surface area (TPSA) is 180 Å². The Morgan fingerprint density at radius 2 is 1.72 bits per heavy atom. The normalized spacial score (nSPS) is 13.9. The van der Waals surface area contributed by atoms with Gasteiger partial charge in [0, 0.05) is 50.4 Å². The third-order valence-corrected chi connectivity index (χ3v) is 6.89. The predicted molar refractivity (Wildman–Crippen MR) is 151 cm³/mol. The zero-order valence-electron chi connectivity index (χ0n) is 22.7. The third-order valence-electron chi connectivity index (χ3n) is 6.60. The smallest absolute Gasteiger partial charge is 0.335 e. The quantitative estimate of drug-likeness (QED) is 0.301. The van der Waals surface area contributed by atoms with Gasteiger partial charge in [0.05, 0.1) is 22.7 Å². The SMILES string of the molecule is CC(=O)N1CCN(C(=O)CC(NC(=O)/C=C/c2c(-n3cnnn3)ccc(Cl)c2F)C(=O)Nc2ccc(C(=O)O)cc2)CC1. The molecule has 1 saturated heterocycles. The van der Waals surface area contributed by atoms with E-state index >= 15 is 0 Å². The molecule has 1 aliphatic rings. The number of hydrogen-bond donors (Lipinski definition) is 3. The molecular weight excluding hydrogens is 587 g/mol. The third kappa shape index (κ3) is 7.77. The fourth-order valence-corrected chi connectivity index (χ4v) is 4.44. The lowest BCUT2D eigenvalue weighted by Gasteiger charge is -2.34. The van der Waals surface area contributed by atoms with E-state index < -0.39 is 42.0 Å². The van der Waals surface area contributed by atoms with E-state index in [0.717, 1.165) is 12.2 Å². The van der Waals surface area contributed by atoms with E-state index in [9.17, 15) is 28.4 Å². The van der Waals surface area contributed by atoms with Crippen LogP contribution in [0.5, 0.6) is 0 Å². The Labute approximate surface area is 249 Å². The summed E-state index contributed by atoms with van der Waals surface area (Å²) in [6.45, 7) is 2.61. The summed E-state index contributed by atoms with van der Waals surface area (Å²) >= 11 is 5.93. The van der Waals surface area contributed by atoms with Gasteiger partial charge in [0.2, 0.25) is 23.6 Å². The Morgan fingerprint density at radius 1 is 1.05 bits per heavy atom. The van der Waals surface area contributed by atoms with Crippen LogP contribution < -0.4 is 10.6 Å². The van der Waals surface area contributed by atoms with Crippen molar-refractivity contribution in [2.24, 2.45) is 0 Å². The lowest BCUT2D eigenvalue weighted by Crippen LogP contribution is -2.52. The van der Waals surface area contributed by atoms with Crippen LogP contribution in [0.2, 0.25) is 5.02 Å². The first-order valence-corrected chi connectivity index (χ1v) is 13.3. The van der Waals surface area contributed by atoms with Gasteiger partial charge in [0.25, 0.3) is 0 Å². The molecule has 1 unspecified atom stereocenters. The number of carbonyl (C=O) groups excluding carboxylic acids is 4. The molecule has 3 N–H and O–H groups in total. The number of benzene rings is 2. The van der Waals surface area contributed by atoms with E-state index in [0.29, 0.717) is 13.1 Å². The number of hydrogen-bond acceptors (Lipinski definition) is 8. The number of amides is 4. The van der Waals surface area contributed by atoms with Gasteiger partial charge in [-0.1, -0.05) is 11.6 Å². The highest BCUT2D eigenvalue weighted by atomic mass is 35.5. The number of tetrazole rings is 1. The zero-order valence-corrected chi connectivity index (χ0v) is 23.5. The van der Waals surface area contributed by atoms with Gasteiger partial charge in [-0.05, 0) is 52.9 Å². The van der Waals surface area contributed by atoms with Gasteiger partial charge in [0.15, 0.2) is 5.82 Å². The average Bonchev–Trinajstić information content (AvgIpc) is 3.52. The van der Waals surface area contributed by atoms with Gasteiger partial charge in [-0.3, -0.25) is 19.2 Å². The van der Waals surface area contributed by atoms with Crippen LogP contribution in [-0.4, -0.2) is 96.9 Å². The minimum Gasteiger partial charge on any atom is -0.478 e. The standard InChI is InChI=1S/C27H26ClFN8O6/c1-16(38)35-10-12-36(13-11-35)24(40)14-21(26(41)31-18-4-2-17(3-5-18)27(42)43)32-23(39)9-6-19-22(37-15-30-33-34-37)8-7-20(28)25(19)29/h2-9,15,21H,10-14H2,1H3,(H,31,41)(H,32,39)(H,42,43)/b9-6+. The highest BCUT2D eigenvalue weighted by Gasteiger charge is 2.29. The summed E-state index contributed by atoms with van der Waals surface area (Å²) < 4.78 is 16.1. The van der Waals surface area contributed by atoms with Crippen LogP contribution in [0.15, 0.2) is 48.8 Å². The highest BCUT2D eigenvalue weighted by molar-refractivity contribution is 6.31. The summed E-state index contributed by atoms with van der Waals surface area (Å²) in [7, 11) is 0. The number of aromatic nitrogens is 4. The molecule has 1 aromatic heterocycles. The Kier molecular flexibility index (Phi) is 9.77. The Hall–Kier alpha value is -5.18. The number of rotatable bonds is 9. The first-order valence-electron chi connectivity index (χ1n) is 12.9. The summed E-state index contributed by atoms with van der Waals surface area (Å²) in [6, 6.07) is 6.70. The molecule has 0 aliphatic carbocycles. The molecule has 224 valence electrons. The van der Waals surface area contributed by atoms with Crippen molar-refractivity contribution in [3.05, 3.63) is 70.8 Å². The minimum absolute atomic E-state index is 0.00200. The second-order valence-corrected chi connectivity index (χ2v) is 9.81. The number of piperazine rings is 1. The maximum Gasteiger partial charge on any atom is 0.335 e. The molecule has 2 heterocycles. The minimum atomic E-state index is -1.36. The summed E-state index contributed by atoms with van der Waals surface area (Å²) in [4.78, 5) is 65.1. The van der Waals surface area contributed by atoms with E-state index in [-0.39, 0.29) is 46.5 Å². The van der Waals surface area contributed by atoms with Crippen molar-refractivity contribution in [2.75, 3.05) is 31.5 Å². The fraction of sp³-hybridized carbons (Fsp3) is 0.259. The van der Waals surface area contributed by atoms with Crippen LogP contribution in [0.25, 0.3) is 11.8 Å². The van der Waals surface area contributed by atoms with Gasteiger partial charge in [-0.15, -0.1) is 5.10 Å². The van der Waals surface area contributed by atoms with Crippen LogP contribution in [0, 0.1) is 5.82 Å². The second-order valence-electron chi connectivity index (χ2n) is 9.41. The van der Waals surface area contributed by atoms with Gasteiger partial charge >= 0.3 is 5.97 Å². The van der Waals surface area contributed by atoms with Crippen LogP contribution in [-0.2, 0) is 19.2 Å². The summed E-state index contributed by atoms with van der Waals surface area (Å²) in [5, 5.41) is 24.7. The molecule has 0 bridgehead atoms. The van der Waals surface area contributed by atoms with E-state index in [4.69, 9.17) is 16.7 Å². The molecule has 0 spiro atoms. The zero-order chi connectivity index (χ0) is 31.1. The van der Waals surface area contributed by atoms with Crippen LogP contribution in [0.1, 0.15) is 29.3 Å². The Balaban J connectivity index is 1.52. The largest absolute Gasteiger partial charge is 0.478 e. The number of anilines is 1. The summed E-state index contributed by atoms with van der Waals surface area (Å²) in [6.07, 6.45) is 2.92. The van der Waals surface area contributed by atoms with Crippen molar-refractivity contribution in [2.45, 2.75) is 19.4 Å². The Morgan fingerprint density at radius 3 is 2.33 bits per heavy atom. The number of nitrogens with zero attached hydrogens (tertiary/aromatic N) is 6. The van der Waals surface area contributed by atoms with Crippen molar-refractivity contribution in [1.29, 1.82) is 0 Å². The molecular formula is C27H26ClFN8O6. The fourth-order valence-electron chi connectivity index (χ4n) is 4.27. The summed E-state index contributed by atoms with van der Waals surface area (Å²) in [5.74, 6) is -4.10. The van der Waals surface area contributed by atoms with Gasteiger partial charge in [-0.25, -0.2) is 9.18 Å². The van der Waals surface area contributed by atoms with E-state index in [2.05, 4.69) is 26.2 Å². The molecule has 0 radical (unpaired) electrons. The molecule has 2 aromatic carbocycles. The summed E-state index contributed by atoms with van der Waals surface area (Å²) in [5.41, 5.74) is 0.324. The molecule has 1 aliphatic heterocycles. The first-order chi connectivity index (χ1) is 20.5. The van der Waals surface area contributed by atoms with Crippen molar-refractivity contribution >= 4 is 53.0 Å². The maximum absolute atomic E-state index is 14.9. The second kappa shape index (κ2) is 13.7. The molecule has 43 heavy (non-hydrogen) atoms. The van der Waals surface area contributed by atoms with Gasteiger partial charge in [-0.2, -0.15) is 4.68 Å². The lowest BCUT2D eigenvalue weighted by atomic mass is 10.1. The van der Waals surface area contributed by atoms with Crippen molar-refractivity contribution < 1.29 is 33.5 Å². The monoisotopic (exact) mass is 612 g/mol. The molecule has 3 aromatic rings. The molecule has 4 rings (SSSR count). The predicted octanol–water partition coefficient (Wildman–Crippen LogP) is 1.37. The molecule has 1 atom stereocenters. The van der Waals surface area contributed by atoms with Crippen molar-refractivity contribution in [3.8, 4) is 5.69 Å². The molecule has 1 fully saturated rings. The highest BCUT2D eigenvalue weighted by Crippen LogP contribution is 2.25.